The summed E-state index contributed by atoms with van der Waals surface area (Å²) >= 11 is 0. The van der Waals surface area contributed by atoms with Crippen LogP contribution in [0, 0.1) is 0 Å². The lowest BCUT2D eigenvalue weighted by Crippen LogP contribution is -2.28. The van der Waals surface area contributed by atoms with Crippen LogP contribution in [0.25, 0.3) is 11.1 Å². The first-order valence-electron chi connectivity index (χ1n) is 16.1. The van der Waals surface area contributed by atoms with Gasteiger partial charge in [0, 0.05) is 62.7 Å². The molecule has 1 aliphatic rings. The molecule has 0 bridgehead atoms. The lowest BCUT2D eigenvalue weighted by molar-refractivity contribution is -0.122. The monoisotopic (exact) mass is 640 g/mol. The minimum absolute atomic E-state index is 0.0427. The first-order chi connectivity index (χ1) is 22.6. The molecule has 0 aromatic heterocycles. The van der Waals surface area contributed by atoms with E-state index in [1.807, 2.05) is 38.1 Å². The second kappa shape index (κ2) is 18.5. The summed E-state index contributed by atoms with van der Waals surface area (Å²) in [5, 5.41) is 20.1. The summed E-state index contributed by atoms with van der Waals surface area (Å²) in [7, 11) is 0. The zero-order valence-corrected chi connectivity index (χ0v) is 26.4. The van der Waals surface area contributed by atoms with Crippen molar-refractivity contribution < 1.29 is 40.0 Å². The van der Waals surface area contributed by atoms with Gasteiger partial charge in [-0.3, -0.25) is 19.2 Å². The summed E-state index contributed by atoms with van der Waals surface area (Å²) in [5.74, 6) is -1.19. The van der Waals surface area contributed by atoms with Crippen molar-refractivity contribution in [2.45, 2.75) is 70.8 Å². The molecular formula is C33H45N5O8. The highest BCUT2D eigenvalue weighted by Gasteiger charge is 2.30. The predicted molar refractivity (Wildman–Crippen MR) is 173 cm³/mol. The number of carbonyl (C=O) groups excluding carboxylic acids is 5. The Morgan fingerprint density at radius 3 is 1.93 bits per heavy atom. The zero-order chi connectivity index (χ0) is 34.2. The van der Waals surface area contributed by atoms with E-state index in [0.717, 1.165) is 22.3 Å². The summed E-state index contributed by atoms with van der Waals surface area (Å²) in [6.07, 6.45) is 1.06. The minimum Gasteiger partial charge on any atom is -0.449 e. The fourth-order valence-electron chi connectivity index (χ4n) is 5.21. The van der Waals surface area contributed by atoms with Crippen LogP contribution >= 0.6 is 0 Å². The number of benzene rings is 2. The fraction of sp³-hybridized carbons (Fsp3) is 0.485. The van der Waals surface area contributed by atoms with Crippen molar-refractivity contribution in [3.05, 3.63) is 47.5 Å². The molecule has 0 saturated heterocycles. The van der Waals surface area contributed by atoms with Crippen LogP contribution in [0.4, 0.5) is 16.2 Å². The van der Waals surface area contributed by atoms with Crippen molar-refractivity contribution in [2.24, 2.45) is 5.73 Å². The number of aliphatic hydroxyl groups is 1. The van der Waals surface area contributed by atoms with Gasteiger partial charge in [-0.15, -0.1) is 0 Å². The molecule has 2 aromatic carbocycles. The molecule has 46 heavy (non-hydrogen) atoms. The molecule has 13 heteroatoms. The van der Waals surface area contributed by atoms with Gasteiger partial charge in [0.25, 0.3) is 0 Å². The average molecular weight is 641 g/mol. The molecule has 1 aliphatic carbocycles. The van der Waals surface area contributed by atoms with Gasteiger partial charge in [0.1, 0.15) is 6.61 Å². The second-order valence-electron chi connectivity index (χ2n) is 11.1. The number of anilines is 2. The van der Waals surface area contributed by atoms with Crippen LogP contribution in [0.2, 0.25) is 1.41 Å². The maximum atomic E-state index is 12.7. The molecule has 7 N–H and O–H groups in total. The van der Waals surface area contributed by atoms with Crippen LogP contribution in [-0.4, -0.2) is 73.8 Å². The molecule has 0 aliphatic heterocycles. The minimum atomic E-state index is -0.908. The summed E-state index contributed by atoms with van der Waals surface area (Å²) in [6.45, 7) is 4.87. The lowest BCUT2D eigenvalue weighted by atomic mass is 9.97. The van der Waals surface area contributed by atoms with Gasteiger partial charge >= 0.3 is 6.09 Å². The number of fused-ring (bicyclic) bond motifs is 3. The predicted octanol–water partition coefficient (Wildman–Crippen LogP) is 3.15. The van der Waals surface area contributed by atoms with E-state index in [2.05, 4.69) is 21.3 Å². The Hall–Kier alpha value is -4.49. The number of hydrogen-bond acceptors (Lipinski definition) is 8. The van der Waals surface area contributed by atoms with Crippen molar-refractivity contribution in [2.75, 3.05) is 43.5 Å². The molecule has 2 atom stereocenters. The van der Waals surface area contributed by atoms with Crippen LogP contribution in [0.15, 0.2) is 36.4 Å². The van der Waals surface area contributed by atoms with E-state index in [9.17, 15) is 24.0 Å². The Bertz CT molecular complexity index is 1410. The van der Waals surface area contributed by atoms with Gasteiger partial charge in [-0.25, -0.2) is 4.79 Å². The molecule has 3 rings (SSSR count). The number of nitrogens with one attached hydrogen (secondary N) is 4. The molecule has 250 valence electrons. The van der Waals surface area contributed by atoms with E-state index in [-0.39, 0.29) is 68.6 Å². The van der Waals surface area contributed by atoms with Crippen LogP contribution in [0.5, 0.6) is 0 Å². The van der Waals surface area contributed by atoms with Gasteiger partial charge in [0.2, 0.25) is 23.6 Å². The molecule has 2 aromatic rings. The lowest BCUT2D eigenvalue weighted by Gasteiger charge is -2.15. The Kier molecular flexibility index (Phi) is 13.8. The van der Waals surface area contributed by atoms with Crippen molar-refractivity contribution in [3.8, 4) is 11.1 Å². The molecule has 0 radical (unpaired) electrons. The van der Waals surface area contributed by atoms with Gasteiger partial charge < -0.3 is 41.6 Å². The Morgan fingerprint density at radius 2 is 1.41 bits per heavy atom. The van der Waals surface area contributed by atoms with E-state index in [0.29, 0.717) is 50.3 Å². The number of carbonyl (C=O) groups is 5. The molecular weight excluding hydrogens is 594 g/mol. The molecule has 0 saturated carbocycles. The molecule has 0 heterocycles. The third kappa shape index (κ3) is 11.5. The number of rotatable bonds is 19. The highest BCUT2D eigenvalue weighted by Crippen LogP contribution is 2.46. The number of aliphatic hydroxyl groups excluding tert-OH is 1. The van der Waals surface area contributed by atoms with Gasteiger partial charge in [-0.1, -0.05) is 12.1 Å². The van der Waals surface area contributed by atoms with Crippen molar-refractivity contribution in [3.63, 3.8) is 0 Å². The van der Waals surface area contributed by atoms with Crippen molar-refractivity contribution in [1.29, 1.82) is 0 Å². The first-order valence-corrected chi connectivity index (χ1v) is 15.6. The molecule has 0 fully saturated rings. The molecule has 0 spiro atoms. The van der Waals surface area contributed by atoms with E-state index in [1.54, 1.807) is 17.9 Å². The molecule has 13 nitrogen and oxygen atoms in total. The highest BCUT2D eigenvalue weighted by atomic mass is 16.5. The molecule has 2 unspecified atom stereocenters. The topological polar surface area (TPSA) is 198 Å². The maximum absolute atomic E-state index is 12.7. The van der Waals surface area contributed by atoms with Crippen molar-refractivity contribution in [1.82, 2.24) is 10.6 Å². The van der Waals surface area contributed by atoms with E-state index < -0.39 is 12.0 Å². The summed E-state index contributed by atoms with van der Waals surface area (Å²) < 4.78 is 17.8. The van der Waals surface area contributed by atoms with Crippen LogP contribution in [-0.2, 0) is 28.7 Å². The standard InChI is InChI=1S/C33H45N5O8/c1-3-35-29(40)6-4-8-31(42)37-22-10-12-24-25-13-11-23(19-27(25)28(26(24)18-22)20-46-33(34)44)38-32(43)9-5-7-30(41)36-15-17-45-21(2)14-16-39/h10-13,18-19,21,28,39H,3-9,14-17,20H2,1-2H3,(H2,34,44)(H,35,40)(H,36,41)(H,37,42)(H,38,43)/i/hD. The van der Waals surface area contributed by atoms with E-state index in [4.69, 9.17) is 16.0 Å². The summed E-state index contributed by atoms with van der Waals surface area (Å²) in [5.41, 5.74) is 6.16. The zero-order valence-electron chi connectivity index (χ0n) is 27.4. The Balaban J connectivity index is 1.59. The number of amides is 5. The van der Waals surface area contributed by atoms with Crippen LogP contribution in [0.3, 0.4) is 0 Å². The maximum Gasteiger partial charge on any atom is 0.404 e. The third-order valence-corrected chi connectivity index (χ3v) is 7.44. The van der Waals surface area contributed by atoms with Crippen LogP contribution in [0.1, 0.15) is 75.8 Å². The smallest absolute Gasteiger partial charge is 0.404 e. The van der Waals surface area contributed by atoms with Gasteiger partial charge in [-0.05, 0) is 79.6 Å². The highest BCUT2D eigenvalue weighted by molar-refractivity contribution is 5.94. The van der Waals surface area contributed by atoms with Crippen LogP contribution < -0.4 is 27.0 Å². The number of ether oxygens (including phenoxy) is 2. The normalized spacial score (nSPS) is 13.8. The molecule has 5 amide bonds. The van der Waals surface area contributed by atoms with E-state index >= 15 is 0 Å². The Labute approximate surface area is 270 Å². The first kappa shape index (κ1) is 34.4. The van der Waals surface area contributed by atoms with Gasteiger partial charge in [0.15, 0.2) is 1.41 Å². The number of nitrogens with two attached hydrogens (primary N) is 1. The van der Waals surface area contributed by atoms with E-state index in [1.165, 1.54) is 0 Å². The summed E-state index contributed by atoms with van der Waals surface area (Å²) in [4.78, 5) is 60.8. The Morgan fingerprint density at radius 1 is 0.870 bits per heavy atom. The average Bonchev–Trinajstić information content (AvgIpc) is 3.34. The summed E-state index contributed by atoms with van der Waals surface area (Å²) in [6, 6.07) is 10.9. The third-order valence-electron chi connectivity index (χ3n) is 7.44. The SMILES string of the molecule is [2H]NC(=O)OCC1c2cc(NC(=O)CCCC(=O)NCC)ccc2-c2ccc(NC(=O)CCCC(=O)NCCOC(C)CCO)cc21. The van der Waals surface area contributed by atoms with Crippen molar-refractivity contribution >= 4 is 41.1 Å². The number of hydrogen-bond donors (Lipinski definition) is 6. The quantitative estimate of drug-likeness (QED) is 0.126. The number of primary amides is 1. The van der Waals surface area contributed by atoms with Gasteiger partial charge in [0.05, 0.1) is 12.7 Å². The van der Waals surface area contributed by atoms with Gasteiger partial charge in [-0.2, -0.15) is 0 Å². The second-order valence-corrected chi connectivity index (χ2v) is 11.1. The fourth-order valence-corrected chi connectivity index (χ4v) is 5.21. The largest absolute Gasteiger partial charge is 0.449 e.